The number of carbonyl (C=O) groups is 2. The predicted octanol–water partition coefficient (Wildman–Crippen LogP) is 3.16. The molecule has 2 atom stereocenters. The van der Waals surface area contributed by atoms with Crippen LogP contribution in [0.2, 0.25) is 5.02 Å². The molecule has 2 aliphatic heterocycles. The van der Waals surface area contributed by atoms with Gasteiger partial charge < -0.3 is 9.47 Å². The van der Waals surface area contributed by atoms with Crippen LogP contribution in [0.25, 0.3) is 0 Å². The summed E-state index contributed by atoms with van der Waals surface area (Å²) in [5.41, 5.74) is 1.81. The standard InChI is InChI=1S/C19H17ClN4O4/c1-10-4-5-11(8-15(10)20)23-18(25)16-17(19(23)26)24(22-21-16)12-6-13(27-2)9-14(7-12)28-3/h4-9,16-17H,1-3H3. The number of imide groups is 1. The lowest BCUT2D eigenvalue weighted by Crippen LogP contribution is -2.39. The Hall–Kier alpha value is -3.13. The van der Waals surface area contributed by atoms with E-state index in [1.54, 1.807) is 36.4 Å². The molecule has 1 saturated heterocycles. The smallest absolute Gasteiger partial charge is 0.263 e. The molecule has 1 fully saturated rings. The zero-order valence-electron chi connectivity index (χ0n) is 15.4. The Morgan fingerprint density at radius 2 is 1.64 bits per heavy atom. The lowest BCUT2D eigenvalue weighted by Gasteiger charge is -2.21. The van der Waals surface area contributed by atoms with Gasteiger partial charge in [-0.2, -0.15) is 5.11 Å². The molecule has 28 heavy (non-hydrogen) atoms. The van der Waals surface area contributed by atoms with Crippen LogP contribution in [0.4, 0.5) is 11.4 Å². The van der Waals surface area contributed by atoms with E-state index in [1.807, 2.05) is 6.92 Å². The third-order valence-corrected chi connectivity index (χ3v) is 5.20. The molecule has 2 aromatic rings. The molecule has 0 radical (unpaired) electrons. The predicted molar refractivity (Wildman–Crippen MR) is 103 cm³/mol. The first-order chi connectivity index (χ1) is 13.4. The molecule has 8 nitrogen and oxygen atoms in total. The Balaban J connectivity index is 1.71. The van der Waals surface area contributed by atoms with Crippen molar-refractivity contribution in [3.63, 3.8) is 0 Å². The van der Waals surface area contributed by atoms with Crippen LogP contribution >= 0.6 is 11.6 Å². The monoisotopic (exact) mass is 400 g/mol. The van der Waals surface area contributed by atoms with Crippen LogP contribution in [-0.4, -0.2) is 38.1 Å². The van der Waals surface area contributed by atoms with Gasteiger partial charge in [0.1, 0.15) is 11.5 Å². The minimum Gasteiger partial charge on any atom is -0.497 e. The zero-order chi connectivity index (χ0) is 20.0. The van der Waals surface area contributed by atoms with Crippen LogP contribution in [-0.2, 0) is 9.59 Å². The first-order valence-electron chi connectivity index (χ1n) is 8.51. The Labute approximate surface area is 166 Å². The van der Waals surface area contributed by atoms with E-state index < -0.39 is 23.9 Å². The van der Waals surface area contributed by atoms with E-state index in [-0.39, 0.29) is 0 Å². The van der Waals surface area contributed by atoms with Crippen molar-refractivity contribution in [1.82, 2.24) is 0 Å². The van der Waals surface area contributed by atoms with Crippen molar-refractivity contribution in [2.45, 2.75) is 19.0 Å². The molecule has 0 N–H and O–H groups in total. The topological polar surface area (TPSA) is 83.8 Å². The number of halogens is 1. The maximum Gasteiger partial charge on any atom is 0.263 e. The second kappa shape index (κ2) is 6.79. The van der Waals surface area contributed by atoms with Gasteiger partial charge in [0.2, 0.25) is 0 Å². The molecule has 0 bridgehead atoms. The van der Waals surface area contributed by atoms with Gasteiger partial charge in [0.05, 0.1) is 25.6 Å². The van der Waals surface area contributed by atoms with Gasteiger partial charge in [0.15, 0.2) is 12.1 Å². The molecule has 4 rings (SSSR count). The Kier molecular flexibility index (Phi) is 4.43. The van der Waals surface area contributed by atoms with Gasteiger partial charge in [0, 0.05) is 23.2 Å². The third kappa shape index (κ3) is 2.77. The minimum absolute atomic E-state index is 0.415. The summed E-state index contributed by atoms with van der Waals surface area (Å²) >= 11 is 6.17. The molecule has 2 aromatic carbocycles. The van der Waals surface area contributed by atoms with E-state index in [0.717, 1.165) is 10.5 Å². The highest BCUT2D eigenvalue weighted by molar-refractivity contribution is 6.32. The second-order valence-electron chi connectivity index (χ2n) is 6.46. The highest BCUT2D eigenvalue weighted by atomic mass is 35.5. The van der Waals surface area contributed by atoms with E-state index >= 15 is 0 Å². The highest BCUT2D eigenvalue weighted by Crippen LogP contribution is 2.38. The Morgan fingerprint density at radius 3 is 2.25 bits per heavy atom. The zero-order valence-corrected chi connectivity index (χ0v) is 16.2. The number of hydrogen-bond donors (Lipinski definition) is 0. The number of carbonyl (C=O) groups excluding carboxylic acids is 2. The number of methoxy groups -OCH3 is 2. The van der Waals surface area contributed by atoms with Gasteiger partial charge in [0.25, 0.3) is 11.8 Å². The number of rotatable bonds is 4. The number of hydrogen-bond acceptors (Lipinski definition) is 7. The molecule has 0 aromatic heterocycles. The molecule has 2 heterocycles. The Morgan fingerprint density at radius 1 is 0.964 bits per heavy atom. The van der Waals surface area contributed by atoms with Crippen LogP contribution < -0.4 is 19.4 Å². The molecular weight excluding hydrogens is 384 g/mol. The minimum atomic E-state index is -0.912. The SMILES string of the molecule is COc1cc(OC)cc(N2N=NC3C(=O)N(c4ccc(C)c(Cl)c4)C(=O)C32)c1. The molecule has 0 saturated carbocycles. The summed E-state index contributed by atoms with van der Waals surface area (Å²) < 4.78 is 10.6. The largest absolute Gasteiger partial charge is 0.497 e. The van der Waals surface area contributed by atoms with Crippen LogP contribution in [0.15, 0.2) is 46.7 Å². The van der Waals surface area contributed by atoms with Crippen molar-refractivity contribution in [1.29, 1.82) is 0 Å². The van der Waals surface area contributed by atoms with E-state index in [1.165, 1.54) is 19.2 Å². The highest BCUT2D eigenvalue weighted by Gasteiger charge is 2.55. The number of ether oxygens (including phenoxy) is 2. The number of nitrogens with zero attached hydrogens (tertiary/aromatic N) is 4. The molecule has 0 aliphatic carbocycles. The fourth-order valence-electron chi connectivity index (χ4n) is 3.27. The summed E-state index contributed by atoms with van der Waals surface area (Å²) in [4.78, 5) is 27.1. The molecule has 144 valence electrons. The van der Waals surface area contributed by atoms with E-state index in [9.17, 15) is 9.59 Å². The first-order valence-corrected chi connectivity index (χ1v) is 8.89. The molecule has 2 aliphatic rings. The fraction of sp³-hybridized carbons (Fsp3) is 0.263. The van der Waals surface area contributed by atoms with Crippen molar-refractivity contribution in [2.24, 2.45) is 10.3 Å². The van der Waals surface area contributed by atoms with Gasteiger partial charge in [-0.3, -0.25) is 9.59 Å². The maximum atomic E-state index is 13.1. The molecule has 2 unspecified atom stereocenters. The normalized spacial score (nSPS) is 20.7. The quantitative estimate of drug-likeness (QED) is 0.736. The van der Waals surface area contributed by atoms with Crippen LogP contribution in [0.3, 0.4) is 0 Å². The summed E-state index contributed by atoms with van der Waals surface area (Å²) in [6, 6.07) is 8.38. The van der Waals surface area contributed by atoms with E-state index in [2.05, 4.69) is 10.3 Å². The second-order valence-corrected chi connectivity index (χ2v) is 6.86. The molecular formula is C19H17ClN4O4. The van der Waals surface area contributed by atoms with E-state index in [0.29, 0.717) is 27.9 Å². The summed E-state index contributed by atoms with van der Waals surface area (Å²) in [6.45, 7) is 1.85. The van der Waals surface area contributed by atoms with Gasteiger partial charge in [-0.1, -0.05) is 22.9 Å². The molecule has 0 spiro atoms. The van der Waals surface area contributed by atoms with Crippen LogP contribution in [0, 0.1) is 6.92 Å². The van der Waals surface area contributed by atoms with Gasteiger partial charge in [-0.25, -0.2) is 9.91 Å². The Bertz CT molecular complexity index is 987. The van der Waals surface area contributed by atoms with Gasteiger partial charge in [-0.05, 0) is 24.6 Å². The first kappa shape index (κ1) is 18.2. The number of amides is 2. The van der Waals surface area contributed by atoms with Gasteiger partial charge >= 0.3 is 0 Å². The van der Waals surface area contributed by atoms with Crippen molar-refractivity contribution >= 4 is 34.8 Å². The average Bonchev–Trinajstić information content (AvgIpc) is 3.24. The fourth-order valence-corrected chi connectivity index (χ4v) is 3.45. The lowest BCUT2D eigenvalue weighted by atomic mass is 10.1. The maximum absolute atomic E-state index is 13.1. The number of benzene rings is 2. The summed E-state index contributed by atoms with van der Waals surface area (Å²) in [6.07, 6.45) is 0. The lowest BCUT2D eigenvalue weighted by molar-refractivity contribution is -0.121. The van der Waals surface area contributed by atoms with Crippen molar-refractivity contribution in [3.8, 4) is 11.5 Å². The van der Waals surface area contributed by atoms with E-state index in [4.69, 9.17) is 21.1 Å². The van der Waals surface area contributed by atoms with Crippen molar-refractivity contribution in [2.75, 3.05) is 24.1 Å². The number of anilines is 2. The van der Waals surface area contributed by atoms with Crippen molar-refractivity contribution in [3.05, 3.63) is 47.0 Å². The summed E-state index contributed by atoms with van der Waals surface area (Å²) in [5, 5.41) is 9.99. The molecule has 9 heteroatoms. The number of fused-ring (bicyclic) bond motifs is 1. The van der Waals surface area contributed by atoms with Crippen LogP contribution in [0.1, 0.15) is 5.56 Å². The van der Waals surface area contributed by atoms with Crippen molar-refractivity contribution < 1.29 is 19.1 Å². The summed E-state index contributed by atoms with van der Waals surface area (Å²) in [7, 11) is 3.06. The third-order valence-electron chi connectivity index (χ3n) is 4.80. The van der Waals surface area contributed by atoms with Crippen LogP contribution in [0.5, 0.6) is 11.5 Å². The summed E-state index contributed by atoms with van der Waals surface area (Å²) in [5.74, 6) is 0.219. The molecule has 2 amide bonds. The average molecular weight is 401 g/mol. The van der Waals surface area contributed by atoms with Gasteiger partial charge in [-0.15, -0.1) is 0 Å². The number of aryl methyl sites for hydroxylation is 1.